The minimum atomic E-state index is -0.926. The summed E-state index contributed by atoms with van der Waals surface area (Å²) in [6, 6.07) is 0. The summed E-state index contributed by atoms with van der Waals surface area (Å²) in [5.74, 6) is -0.0791. The molecule has 4 nitrogen and oxygen atoms in total. The van der Waals surface area contributed by atoms with E-state index in [0.29, 0.717) is 24.6 Å². The summed E-state index contributed by atoms with van der Waals surface area (Å²) < 4.78 is 5.29. The molecule has 5 heteroatoms. The van der Waals surface area contributed by atoms with E-state index in [4.69, 9.17) is 16.3 Å². The van der Waals surface area contributed by atoms with Gasteiger partial charge in [0.15, 0.2) is 0 Å². The summed E-state index contributed by atoms with van der Waals surface area (Å²) in [7, 11) is 0. The third kappa shape index (κ3) is 5.01. The highest BCUT2D eigenvalue weighted by Gasteiger charge is 2.42. The second-order valence-corrected chi connectivity index (χ2v) is 6.30. The van der Waals surface area contributed by atoms with E-state index in [-0.39, 0.29) is 24.4 Å². The van der Waals surface area contributed by atoms with E-state index in [1.54, 1.807) is 6.92 Å². The number of carbonyl (C=O) groups excluding carboxylic acids is 2. The second kappa shape index (κ2) is 9.19. The Bertz CT molecular complexity index is 411. The van der Waals surface area contributed by atoms with Crippen LogP contribution in [0.15, 0.2) is 12.2 Å². The molecule has 0 radical (unpaired) electrons. The van der Waals surface area contributed by atoms with Gasteiger partial charge in [-0.3, -0.25) is 4.79 Å². The number of allylic oxidation sites excluding steroid dienone is 2. The summed E-state index contributed by atoms with van der Waals surface area (Å²) in [4.78, 5) is 24.4. The van der Waals surface area contributed by atoms with E-state index < -0.39 is 5.54 Å². The van der Waals surface area contributed by atoms with Crippen LogP contribution in [0.1, 0.15) is 52.9 Å². The van der Waals surface area contributed by atoms with Crippen LogP contribution in [0.5, 0.6) is 0 Å². The molecule has 1 aliphatic carbocycles. The standard InChI is InChI=1S/C15H22ClNO3.C2H6/c1-15(9-11-5-3-2-4-6-11)14(19)20-10-12(7-8-16)13(18)17-15;1-2/h3,5,11-12H,2,4,6-10H2,1H3,(H,17,18);1-2H3. The van der Waals surface area contributed by atoms with E-state index in [2.05, 4.69) is 17.5 Å². The molecule has 126 valence electrons. The zero-order valence-corrected chi connectivity index (χ0v) is 14.6. The quantitative estimate of drug-likeness (QED) is 0.488. The Balaban J connectivity index is 0.00000116. The maximum Gasteiger partial charge on any atom is 0.331 e. The second-order valence-electron chi connectivity index (χ2n) is 5.92. The van der Waals surface area contributed by atoms with Crippen molar-refractivity contribution in [3.63, 3.8) is 0 Å². The Morgan fingerprint density at radius 3 is 2.73 bits per heavy atom. The average Bonchev–Trinajstić information content (AvgIpc) is 2.62. The van der Waals surface area contributed by atoms with Gasteiger partial charge in [-0.15, -0.1) is 11.6 Å². The number of hydrogen-bond acceptors (Lipinski definition) is 3. The van der Waals surface area contributed by atoms with Gasteiger partial charge in [-0.25, -0.2) is 4.79 Å². The van der Waals surface area contributed by atoms with Crippen LogP contribution in [-0.2, 0) is 14.3 Å². The van der Waals surface area contributed by atoms with E-state index in [1.165, 1.54) is 0 Å². The molecule has 0 aromatic heterocycles. The molecule has 1 heterocycles. The fourth-order valence-corrected chi connectivity index (χ4v) is 3.16. The first-order chi connectivity index (χ1) is 10.5. The first-order valence-electron chi connectivity index (χ1n) is 8.27. The van der Waals surface area contributed by atoms with Crippen molar-refractivity contribution in [3.8, 4) is 0 Å². The minimum Gasteiger partial charge on any atom is -0.463 e. The highest BCUT2D eigenvalue weighted by Crippen LogP contribution is 2.29. The van der Waals surface area contributed by atoms with Gasteiger partial charge in [-0.05, 0) is 44.9 Å². The number of alkyl halides is 1. The van der Waals surface area contributed by atoms with Gasteiger partial charge in [0.1, 0.15) is 12.1 Å². The van der Waals surface area contributed by atoms with Crippen molar-refractivity contribution >= 4 is 23.5 Å². The number of carbonyl (C=O) groups is 2. The van der Waals surface area contributed by atoms with Crippen LogP contribution in [0.25, 0.3) is 0 Å². The van der Waals surface area contributed by atoms with Gasteiger partial charge in [-0.1, -0.05) is 26.0 Å². The predicted molar refractivity (Wildman–Crippen MR) is 88.8 cm³/mol. The number of hydrogen-bond donors (Lipinski definition) is 1. The summed E-state index contributed by atoms with van der Waals surface area (Å²) in [5.41, 5.74) is -0.926. The Hall–Kier alpha value is -1.03. The molecule has 22 heavy (non-hydrogen) atoms. The van der Waals surface area contributed by atoms with Crippen LogP contribution in [-0.4, -0.2) is 29.9 Å². The van der Waals surface area contributed by atoms with E-state index >= 15 is 0 Å². The number of cyclic esters (lactones) is 1. The molecular weight excluding hydrogens is 302 g/mol. The first kappa shape index (κ1) is 19.0. The monoisotopic (exact) mass is 329 g/mol. The molecular formula is C17H28ClNO3. The molecule has 0 aromatic carbocycles. The number of rotatable bonds is 4. The third-order valence-electron chi connectivity index (χ3n) is 4.12. The van der Waals surface area contributed by atoms with Crippen LogP contribution < -0.4 is 5.32 Å². The number of esters is 1. The summed E-state index contributed by atoms with van der Waals surface area (Å²) in [5, 5.41) is 2.88. The van der Waals surface area contributed by atoms with Gasteiger partial charge in [-0.2, -0.15) is 0 Å². The molecule has 0 aromatic rings. The van der Waals surface area contributed by atoms with Crippen LogP contribution >= 0.6 is 11.6 Å². The van der Waals surface area contributed by atoms with Crippen LogP contribution in [0, 0.1) is 11.8 Å². The topological polar surface area (TPSA) is 55.4 Å². The van der Waals surface area contributed by atoms with Crippen LogP contribution in [0.3, 0.4) is 0 Å². The number of ether oxygens (including phenoxy) is 1. The molecule has 0 spiro atoms. The van der Waals surface area contributed by atoms with Crippen molar-refractivity contribution in [2.24, 2.45) is 11.8 Å². The molecule has 1 amide bonds. The number of nitrogens with one attached hydrogen (secondary N) is 1. The van der Waals surface area contributed by atoms with Gasteiger partial charge in [0.05, 0.1) is 5.92 Å². The summed E-state index contributed by atoms with van der Waals surface area (Å²) in [6.07, 6.45) is 8.71. The van der Waals surface area contributed by atoms with E-state index in [1.807, 2.05) is 13.8 Å². The minimum absolute atomic E-state index is 0.126. The van der Waals surface area contributed by atoms with Gasteiger partial charge in [0, 0.05) is 5.88 Å². The number of halogens is 1. The van der Waals surface area contributed by atoms with E-state index in [0.717, 1.165) is 19.3 Å². The summed E-state index contributed by atoms with van der Waals surface area (Å²) in [6.45, 7) is 5.90. The molecule has 0 saturated carbocycles. The first-order valence-corrected chi connectivity index (χ1v) is 8.80. The van der Waals surface area contributed by atoms with Crippen molar-refractivity contribution in [1.29, 1.82) is 0 Å². The fourth-order valence-electron chi connectivity index (χ4n) is 2.89. The van der Waals surface area contributed by atoms with Crippen molar-refractivity contribution in [2.45, 2.75) is 58.4 Å². The third-order valence-corrected chi connectivity index (χ3v) is 4.34. The van der Waals surface area contributed by atoms with Crippen LogP contribution in [0.2, 0.25) is 0 Å². The molecule has 3 unspecified atom stereocenters. The van der Waals surface area contributed by atoms with E-state index in [9.17, 15) is 9.59 Å². The lowest BCUT2D eigenvalue weighted by molar-refractivity contribution is -0.150. The Morgan fingerprint density at radius 2 is 2.14 bits per heavy atom. The van der Waals surface area contributed by atoms with Gasteiger partial charge in [0.2, 0.25) is 5.91 Å². The van der Waals surface area contributed by atoms with Gasteiger partial charge in [0.25, 0.3) is 0 Å². The van der Waals surface area contributed by atoms with Crippen LogP contribution in [0.4, 0.5) is 0 Å². The molecule has 1 saturated heterocycles. The van der Waals surface area contributed by atoms with Crippen molar-refractivity contribution in [2.75, 3.05) is 12.5 Å². The molecule has 1 fully saturated rings. The number of amides is 1. The van der Waals surface area contributed by atoms with Crippen molar-refractivity contribution in [1.82, 2.24) is 5.32 Å². The van der Waals surface area contributed by atoms with Crippen molar-refractivity contribution in [3.05, 3.63) is 12.2 Å². The normalized spacial score (nSPS) is 31.5. The lowest BCUT2D eigenvalue weighted by atomic mass is 9.83. The smallest absolute Gasteiger partial charge is 0.331 e. The van der Waals surface area contributed by atoms with Crippen molar-refractivity contribution < 1.29 is 14.3 Å². The summed E-state index contributed by atoms with van der Waals surface area (Å²) >= 11 is 5.69. The fraction of sp³-hybridized carbons (Fsp3) is 0.765. The molecule has 3 atom stereocenters. The molecule has 1 aliphatic heterocycles. The Labute approximate surface area is 138 Å². The lowest BCUT2D eigenvalue weighted by Gasteiger charge is -2.30. The predicted octanol–water partition coefficient (Wildman–Crippen LogP) is 3.44. The SMILES string of the molecule is CC.CC1(CC2C=CCCC2)NC(=O)C(CCCl)COC1=O. The molecule has 2 aliphatic rings. The maximum atomic E-state index is 12.2. The van der Waals surface area contributed by atoms with Gasteiger partial charge >= 0.3 is 5.97 Å². The largest absolute Gasteiger partial charge is 0.463 e. The molecule has 2 rings (SSSR count). The van der Waals surface area contributed by atoms with Gasteiger partial charge < -0.3 is 10.1 Å². The Morgan fingerprint density at radius 1 is 1.41 bits per heavy atom. The highest BCUT2D eigenvalue weighted by atomic mass is 35.5. The Kier molecular flexibility index (Phi) is 7.94. The zero-order chi connectivity index (χ0) is 16.6. The molecule has 0 bridgehead atoms. The molecule has 1 N–H and O–H groups in total. The highest BCUT2D eigenvalue weighted by molar-refractivity contribution is 6.18. The lowest BCUT2D eigenvalue weighted by Crippen LogP contribution is -2.53. The zero-order valence-electron chi connectivity index (χ0n) is 13.9. The maximum absolute atomic E-state index is 12.2. The average molecular weight is 330 g/mol.